The number of sulfone groups is 1. The van der Waals surface area contributed by atoms with E-state index in [0.29, 0.717) is 4.90 Å². The molecule has 118 valence electrons. The Balaban J connectivity index is 2.34. The highest BCUT2D eigenvalue weighted by Crippen LogP contribution is 2.42. The van der Waals surface area contributed by atoms with Gasteiger partial charge in [-0.15, -0.1) is 0 Å². The molecule has 1 fully saturated rings. The fourth-order valence-corrected chi connectivity index (χ4v) is 5.91. The second-order valence-electron chi connectivity index (χ2n) is 6.50. The third-order valence-corrected chi connectivity index (χ3v) is 7.13. The van der Waals surface area contributed by atoms with Gasteiger partial charge in [0.1, 0.15) is 0 Å². The summed E-state index contributed by atoms with van der Waals surface area (Å²) in [6.45, 7) is 7.29. The molecular weight excluding hydrogens is 350 g/mol. The van der Waals surface area contributed by atoms with E-state index in [9.17, 15) is 8.42 Å². The van der Waals surface area contributed by atoms with Crippen molar-refractivity contribution in [3.8, 4) is 0 Å². The van der Waals surface area contributed by atoms with Gasteiger partial charge in [-0.05, 0) is 49.4 Å². The van der Waals surface area contributed by atoms with E-state index < -0.39 is 9.84 Å². The molecule has 2 atom stereocenters. The maximum atomic E-state index is 13.0. The van der Waals surface area contributed by atoms with Gasteiger partial charge in [-0.25, -0.2) is 8.42 Å². The molecule has 1 N–H and O–H groups in total. The van der Waals surface area contributed by atoms with Crippen LogP contribution in [0.3, 0.4) is 0 Å². The molecule has 21 heavy (non-hydrogen) atoms. The summed E-state index contributed by atoms with van der Waals surface area (Å²) in [7, 11) is -3.30. The summed E-state index contributed by atoms with van der Waals surface area (Å²) in [5.74, 6) is 0. The van der Waals surface area contributed by atoms with Gasteiger partial charge >= 0.3 is 0 Å². The van der Waals surface area contributed by atoms with Gasteiger partial charge in [0.15, 0.2) is 9.84 Å². The lowest BCUT2D eigenvalue weighted by atomic mass is 9.87. The first-order valence-electron chi connectivity index (χ1n) is 7.52. The first-order valence-corrected chi connectivity index (χ1v) is 9.86. The van der Waals surface area contributed by atoms with Crippen molar-refractivity contribution in [3.63, 3.8) is 0 Å². The first-order chi connectivity index (χ1) is 9.79. The van der Waals surface area contributed by atoms with Gasteiger partial charge < -0.3 is 5.32 Å². The van der Waals surface area contributed by atoms with Crippen LogP contribution in [0, 0.1) is 5.41 Å². The molecule has 1 saturated carbocycles. The molecule has 1 aliphatic carbocycles. The van der Waals surface area contributed by atoms with Crippen molar-refractivity contribution in [1.29, 1.82) is 0 Å². The summed E-state index contributed by atoms with van der Waals surface area (Å²) in [5.41, 5.74) is 0.0128. The first kappa shape index (κ1) is 17.0. The lowest BCUT2D eigenvalue weighted by molar-refractivity contribution is 0.285. The lowest BCUT2D eigenvalue weighted by Gasteiger charge is -2.31. The minimum Gasteiger partial charge on any atom is -0.312 e. The van der Waals surface area contributed by atoms with Crippen LogP contribution in [-0.4, -0.2) is 26.3 Å². The van der Waals surface area contributed by atoms with E-state index in [1.54, 1.807) is 18.2 Å². The zero-order valence-corrected chi connectivity index (χ0v) is 15.3. The number of halogens is 1. The fraction of sp³-hybridized carbons (Fsp3) is 0.625. The third-order valence-electron chi connectivity index (χ3n) is 4.42. The van der Waals surface area contributed by atoms with Gasteiger partial charge in [0.25, 0.3) is 0 Å². The maximum Gasteiger partial charge on any atom is 0.182 e. The Kier molecular flexibility index (Phi) is 5.16. The van der Waals surface area contributed by atoms with Crippen molar-refractivity contribution in [2.45, 2.75) is 56.2 Å². The molecule has 1 aliphatic rings. The van der Waals surface area contributed by atoms with Crippen LogP contribution < -0.4 is 5.32 Å². The van der Waals surface area contributed by atoms with Crippen LogP contribution in [0.2, 0.25) is 0 Å². The van der Waals surface area contributed by atoms with Crippen molar-refractivity contribution >= 4 is 25.8 Å². The van der Waals surface area contributed by atoms with E-state index in [2.05, 4.69) is 42.0 Å². The second-order valence-corrected chi connectivity index (χ2v) is 9.58. The summed E-state index contributed by atoms with van der Waals surface area (Å²) in [6.07, 6.45) is 2.67. The van der Waals surface area contributed by atoms with Crippen molar-refractivity contribution in [3.05, 3.63) is 28.7 Å². The Morgan fingerprint density at radius 3 is 2.71 bits per heavy atom. The molecule has 0 spiro atoms. The van der Waals surface area contributed by atoms with Gasteiger partial charge in [-0.1, -0.05) is 42.8 Å². The average Bonchev–Trinajstić information content (AvgIpc) is 2.72. The molecule has 0 radical (unpaired) electrons. The third kappa shape index (κ3) is 3.51. The molecule has 0 heterocycles. The Hall–Kier alpha value is -0.390. The Bertz CT molecular complexity index is 598. The minimum atomic E-state index is -3.30. The van der Waals surface area contributed by atoms with E-state index >= 15 is 0 Å². The number of hydrogen-bond acceptors (Lipinski definition) is 3. The highest BCUT2D eigenvalue weighted by atomic mass is 79.9. The molecular formula is C16H24BrNO2S. The van der Waals surface area contributed by atoms with Crippen LogP contribution >= 0.6 is 15.9 Å². The number of benzene rings is 1. The molecule has 3 nitrogen and oxygen atoms in total. The second kappa shape index (κ2) is 6.39. The zero-order chi connectivity index (χ0) is 15.7. The maximum absolute atomic E-state index is 13.0. The van der Waals surface area contributed by atoms with Gasteiger partial charge in [0, 0.05) is 10.5 Å². The molecule has 0 amide bonds. The van der Waals surface area contributed by atoms with Crippen molar-refractivity contribution in [1.82, 2.24) is 5.32 Å². The van der Waals surface area contributed by atoms with E-state index in [-0.39, 0.29) is 16.7 Å². The van der Waals surface area contributed by atoms with Crippen LogP contribution in [0.4, 0.5) is 0 Å². The number of nitrogens with one attached hydrogen (secondary N) is 1. The molecule has 1 aromatic carbocycles. The molecule has 0 bridgehead atoms. The normalized spacial score (nSPS) is 25.1. The summed E-state index contributed by atoms with van der Waals surface area (Å²) < 4.78 is 26.8. The van der Waals surface area contributed by atoms with Crippen LogP contribution in [0.1, 0.15) is 40.0 Å². The Morgan fingerprint density at radius 1 is 1.38 bits per heavy atom. The van der Waals surface area contributed by atoms with Crippen LogP contribution in [0.15, 0.2) is 33.6 Å². The summed E-state index contributed by atoms with van der Waals surface area (Å²) in [4.78, 5) is 0.419. The molecule has 1 aromatic rings. The molecule has 2 unspecified atom stereocenters. The zero-order valence-electron chi connectivity index (χ0n) is 12.9. The van der Waals surface area contributed by atoms with Gasteiger partial charge in [-0.2, -0.15) is 0 Å². The lowest BCUT2D eigenvalue weighted by Crippen LogP contribution is -2.47. The topological polar surface area (TPSA) is 46.2 Å². The average molecular weight is 374 g/mol. The molecule has 0 saturated heterocycles. The highest BCUT2D eigenvalue weighted by molar-refractivity contribution is 9.10. The van der Waals surface area contributed by atoms with Crippen LogP contribution in [0.5, 0.6) is 0 Å². The molecule has 2 rings (SSSR count). The quantitative estimate of drug-likeness (QED) is 0.853. The summed E-state index contributed by atoms with van der Waals surface area (Å²) in [5, 5.41) is 3.13. The summed E-state index contributed by atoms with van der Waals surface area (Å²) in [6, 6.07) is 7.05. The largest absolute Gasteiger partial charge is 0.312 e. The fourth-order valence-electron chi connectivity index (χ4n) is 3.20. The van der Waals surface area contributed by atoms with E-state index in [4.69, 9.17) is 0 Å². The van der Waals surface area contributed by atoms with Crippen molar-refractivity contribution < 1.29 is 8.42 Å². The van der Waals surface area contributed by atoms with E-state index in [1.165, 1.54) is 0 Å². The van der Waals surface area contributed by atoms with Crippen molar-refractivity contribution in [2.24, 2.45) is 5.41 Å². The van der Waals surface area contributed by atoms with E-state index in [1.807, 2.05) is 6.07 Å². The molecule has 5 heteroatoms. The van der Waals surface area contributed by atoms with Gasteiger partial charge in [-0.3, -0.25) is 0 Å². The standard InChI is InChI=1S/C16H24BrNO2S/c1-4-10-18-15-14(8-9-16(15,2)3)21(19,20)13-7-5-6-12(17)11-13/h5-7,11,14-15,18H,4,8-10H2,1-3H3. The van der Waals surface area contributed by atoms with Crippen LogP contribution in [0.25, 0.3) is 0 Å². The van der Waals surface area contributed by atoms with Crippen molar-refractivity contribution in [2.75, 3.05) is 6.54 Å². The predicted molar refractivity (Wildman–Crippen MR) is 90.2 cm³/mol. The smallest absolute Gasteiger partial charge is 0.182 e. The monoisotopic (exact) mass is 373 g/mol. The SMILES string of the molecule is CCCNC1C(S(=O)(=O)c2cccc(Br)c2)CCC1(C)C. The molecule has 0 aliphatic heterocycles. The molecule has 0 aromatic heterocycles. The van der Waals surface area contributed by atoms with Gasteiger partial charge in [0.05, 0.1) is 10.1 Å². The Morgan fingerprint density at radius 2 is 2.10 bits per heavy atom. The predicted octanol–water partition coefficient (Wildman–Crippen LogP) is 3.78. The highest BCUT2D eigenvalue weighted by Gasteiger charge is 2.47. The number of rotatable bonds is 5. The summed E-state index contributed by atoms with van der Waals surface area (Å²) >= 11 is 3.36. The van der Waals surface area contributed by atoms with E-state index in [0.717, 1.165) is 30.3 Å². The van der Waals surface area contributed by atoms with Crippen LogP contribution in [-0.2, 0) is 9.84 Å². The number of hydrogen-bond donors (Lipinski definition) is 1. The minimum absolute atomic E-state index is 0.0128. The van der Waals surface area contributed by atoms with Gasteiger partial charge in [0.2, 0.25) is 0 Å². The Labute approximate surface area is 136 Å².